The highest BCUT2D eigenvalue weighted by Crippen LogP contribution is 2.47. The van der Waals surface area contributed by atoms with Crippen molar-refractivity contribution < 1.29 is 29.2 Å². The van der Waals surface area contributed by atoms with Gasteiger partial charge in [0.1, 0.15) is 23.0 Å². The Balaban J connectivity index is 1.63. The van der Waals surface area contributed by atoms with E-state index in [0.717, 1.165) is 0 Å². The minimum absolute atomic E-state index is 0.302. The molecule has 6 nitrogen and oxygen atoms in total. The average molecular weight is 358 g/mol. The van der Waals surface area contributed by atoms with Crippen LogP contribution in [0.25, 0.3) is 0 Å². The normalized spacial score (nSPS) is 26.8. The summed E-state index contributed by atoms with van der Waals surface area (Å²) in [5, 5.41) is 21.9. The molecule has 0 amide bonds. The number of hydrogen-bond acceptors (Lipinski definition) is 6. The van der Waals surface area contributed by atoms with Crippen molar-refractivity contribution in [3.05, 3.63) is 47.5 Å². The standard InChI is InChI=1S/C20H22O6/c1-23-11-3-5-17-13(7-11)19(21)15(9-25-17)16-10-26-18-6-4-12(24-2)8-14(18)20(16)22/h3-8,15-16,19-22H,9-10H2,1-2H3/t15?,16?,19-,20+. The van der Waals surface area contributed by atoms with E-state index in [9.17, 15) is 10.2 Å². The molecule has 0 bridgehead atoms. The molecule has 0 aliphatic carbocycles. The SMILES string of the molecule is COc1ccc2c(c1)[C@@H](O)C(C1COc3ccc(OC)cc3[C@@H]1O)CO2. The maximum absolute atomic E-state index is 10.9. The van der Waals surface area contributed by atoms with Crippen LogP contribution in [-0.4, -0.2) is 37.6 Å². The van der Waals surface area contributed by atoms with Gasteiger partial charge in [-0.2, -0.15) is 0 Å². The number of methoxy groups -OCH3 is 2. The first-order chi connectivity index (χ1) is 12.6. The van der Waals surface area contributed by atoms with Crippen LogP contribution in [-0.2, 0) is 0 Å². The monoisotopic (exact) mass is 358 g/mol. The Morgan fingerprint density at radius 2 is 1.19 bits per heavy atom. The topological polar surface area (TPSA) is 77.4 Å². The molecule has 0 saturated carbocycles. The molecule has 26 heavy (non-hydrogen) atoms. The van der Waals surface area contributed by atoms with Crippen molar-refractivity contribution in [1.82, 2.24) is 0 Å². The maximum atomic E-state index is 10.9. The lowest BCUT2D eigenvalue weighted by Gasteiger charge is -2.40. The van der Waals surface area contributed by atoms with Crippen molar-refractivity contribution in [3.8, 4) is 23.0 Å². The van der Waals surface area contributed by atoms with Crippen molar-refractivity contribution in [2.24, 2.45) is 11.8 Å². The first-order valence-electron chi connectivity index (χ1n) is 8.60. The zero-order chi connectivity index (χ0) is 18.3. The Hall–Kier alpha value is -2.44. The number of aliphatic hydroxyl groups excluding tert-OH is 2. The van der Waals surface area contributed by atoms with E-state index in [2.05, 4.69) is 0 Å². The summed E-state index contributed by atoms with van der Waals surface area (Å²) in [5.41, 5.74) is 1.34. The number of hydrogen-bond donors (Lipinski definition) is 2. The molecule has 6 heteroatoms. The van der Waals surface area contributed by atoms with Gasteiger partial charge in [0.05, 0.1) is 39.6 Å². The van der Waals surface area contributed by atoms with Crippen LogP contribution < -0.4 is 18.9 Å². The fourth-order valence-electron chi connectivity index (χ4n) is 3.76. The van der Waals surface area contributed by atoms with E-state index >= 15 is 0 Å². The highest BCUT2D eigenvalue weighted by molar-refractivity contribution is 5.45. The lowest BCUT2D eigenvalue weighted by atomic mass is 9.77. The first kappa shape index (κ1) is 17.0. The fourth-order valence-corrected chi connectivity index (χ4v) is 3.76. The van der Waals surface area contributed by atoms with Gasteiger partial charge in [0.25, 0.3) is 0 Å². The van der Waals surface area contributed by atoms with Crippen LogP contribution in [0.2, 0.25) is 0 Å². The third kappa shape index (κ3) is 2.75. The second-order valence-corrected chi connectivity index (χ2v) is 6.65. The van der Waals surface area contributed by atoms with Gasteiger partial charge in [-0.3, -0.25) is 0 Å². The van der Waals surface area contributed by atoms with Crippen molar-refractivity contribution in [1.29, 1.82) is 0 Å². The molecule has 0 fully saturated rings. The number of ether oxygens (including phenoxy) is 4. The van der Waals surface area contributed by atoms with Gasteiger partial charge < -0.3 is 29.2 Å². The Kier molecular flexibility index (Phi) is 4.38. The molecule has 0 spiro atoms. The molecule has 0 saturated heterocycles. The molecule has 2 aliphatic rings. The zero-order valence-electron chi connectivity index (χ0n) is 14.7. The van der Waals surface area contributed by atoms with Crippen molar-refractivity contribution >= 4 is 0 Å². The van der Waals surface area contributed by atoms with Crippen LogP contribution in [0.4, 0.5) is 0 Å². The second-order valence-electron chi connectivity index (χ2n) is 6.65. The van der Waals surface area contributed by atoms with E-state index in [0.29, 0.717) is 47.3 Å². The van der Waals surface area contributed by atoms with Gasteiger partial charge in [-0.05, 0) is 36.4 Å². The summed E-state index contributed by atoms with van der Waals surface area (Å²) in [4.78, 5) is 0. The smallest absolute Gasteiger partial charge is 0.125 e. The molecule has 4 atom stereocenters. The Labute approximate surface area is 151 Å². The van der Waals surface area contributed by atoms with Crippen LogP contribution in [0.1, 0.15) is 23.3 Å². The van der Waals surface area contributed by atoms with E-state index < -0.39 is 12.2 Å². The summed E-state index contributed by atoms with van der Waals surface area (Å²) in [6.45, 7) is 0.621. The van der Waals surface area contributed by atoms with Crippen LogP contribution in [0.3, 0.4) is 0 Å². The molecule has 2 aliphatic heterocycles. The third-order valence-corrected chi connectivity index (χ3v) is 5.29. The van der Waals surface area contributed by atoms with Gasteiger partial charge in [0.2, 0.25) is 0 Å². The summed E-state index contributed by atoms with van der Waals surface area (Å²) in [6.07, 6.45) is -1.55. The Morgan fingerprint density at radius 1 is 0.769 bits per heavy atom. The maximum Gasteiger partial charge on any atom is 0.125 e. The quantitative estimate of drug-likeness (QED) is 0.878. The van der Waals surface area contributed by atoms with E-state index in [1.807, 2.05) is 0 Å². The second kappa shape index (κ2) is 6.70. The van der Waals surface area contributed by atoms with Gasteiger partial charge in [-0.1, -0.05) is 0 Å². The zero-order valence-corrected chi connectivity index (χ0v) is 14.7. The minimum Gasteiger partial charge on any atom is -0.497 e. The summed E-state index contributed by atoms with van der Waals surface area (Å²) < 4.78 is 22.2. The Morgan fingerprint density at radius 3 is 1.58 bits per heavy atom. The molecular weight excluding hydrogens is 336 g/mol. The highest BCUT2D eigenvalue weighted by Gasteiger charge is 2.42. The highest BCUT2D eigenvalue weighted by atomic mass is 16.5. The van der Waals surface area contributed by atoms with Crippen molar-refractivity contribution in [2.75, 3.05) is 27.4 Å². The fraction of sp³-hybridized carbons (Fsp3) is 0.400. The summed E-state index contributed by atoms with van der Waals surface area (Å²) >= 11 is 0. The minimum atomic E-state index is -0.774. The predicted octanol–water partition coefficient (Wildman–Crippen LogP) is 2.49. The van der Waals surface area contributed by atoms with E-state index in [1.165, 1.54) is 0 Å². The molecule has 2 aromatic rings. The molecule has 2 unspecified atom stereocenters. The predicted molar refractivity (Wildman–Crippen MR) is 93.9 cm³/mol. The van der Waals surface area contributed by atoms with E-state index in [1.54, 1.807) is 50.6 Å². The molecule has 0 radical (unpaired) electrons. The summed E-state index contributed by atoms with van der Waals surface area (Å²) in [7, 11) is 3.16. The van der Waals surface area contributed by atoms with Gasteiger partial charge >= 0.3 is 0 Å². The molecule has 2 aromatic carbocycles. The first-order valence-corrected chi connectivity index (χ1v) is 8.60. The van der Waals surface area contributed by atoms with Crippen molar-refractivity contribution in [2.45, 2.75) is 12.2 Å². The van der Waals surface area contributed by atoms with Crippen molar-refractivity contribution in [3.63, 3.8) is 0 Å². The number of rotatable bonds is 3. The molecule has 2 heterocycles. The largest absolute Gasteiger partial charge is 0.497 e. The lowest BCUT2D eigenvalue weighted by Crippen LogP contribution is -2.40. The molecule has 138 valence electrons. The summed E-state index contributed by atoms with van der Waals surface area (Å²) in [5.74, 6) is 1.99. The van der Waals surface area contributed by atoms with Gasteiger partial charge in [0, 0.05) is 23.0 Å². The van der Waals surface area contributed by atoms with Crippen LogP contribution in [0.15, 0.2) is 36.4 Å². The number of fused-ring (bicyclic) bond motifs is 2. The number of aliphatic hydroxyl groups is 2. The lowest BCUT2D eigenvalue weighted by molar-refractivity contribution is -0.0552. The van der Waals surface area contributed by atoms with Crippen LogP contribution in [0, 0.1) is 11.8 Å². The Bertz CT molecular complexity index is 737. The average Bonchev–Trinajstić information content (AvgIpc) is 2.69. The van der Waals surface area contributed by atoms with Gasteiger partial charge in [0.15, 0.2) is 0 Å². The molecule has 4 rings (SSSR count). The van der Waals surface area contributed by atoms with E-state index in [4.69, 9.17) is 18.9 Å². The molecule has 2 N–H and O–H groups in total. The van der Waals surface area contributed by atoms with E-state index in [-0.39, 0.29) is 11.8 Å². The number of benzene rings is 2. The summed E-state index contributed by atoms with van der Waals surface area (Å²) in [6, 6.07) is 10.7. The van der Waals surface area contributed by atoms with Crippen LogP contribution in [0.5, 0.6) is 23.0 Å². The third-order valence-electron chi connectivity index (χ3n) is 5.29. The molecule has 0 aromatic heterocycles. The van der Waals surface area contributed by atoms with Crippen LogP contribution >= 0.6 is 0 Å². The molecular formula is C20H22O6. The van der Waals surface area contributed by atoms with Gasteiger partial charge in [-0.25, -0.2) is 0 Å². The van der Waals surface area contributed by atoms with Gasteiger partial charge in [-0.15, -0.1) is 0 Å².